The van der Waals surface area contributed by atoms with Gasteiger partial charge in [-0.05, 0) is 50.2 Å². The summed E-state index contributed by atoms with van der Waals surface area (Å²) in [7, 11) is 3.16. The molecule has 1 amide bonds. The van der Waals surface area contributed by atoms with Crippen LogP contribution in [0.5, 0.6) is 11.5 Å². The first-order valence-corrected chi connectivity index (χ1v) is 10.8. The number of piperidine rings is 1. The summed E-state index contributed by atoms with van der Waals surface area (Å²) in [5.41, 5.74) is 1.46. The van der Waals surface area contributed by atoms with Crippen molar-refractivity contribution in [3.05, 3.63) is 53.4 Å². The third-order valence-electron chi connectivity index (χ3n) is 5.53. The van der Waals surface area contributed by atoms with Gasteiger partial charge in [-0.15, -0.1) is 0 Å². The van der Waals surface area contributed by atoms with Crippen LogP contribution in [0.1, 0.15) is 18.7 Å². The number of hydrogen-bond acceptors (Lipinski definition) is 7. The van der Waals surface area contributed by atoms with Crippen LogP contribution in [0.15, 0.2) is 47.0 Å². The van der Waals surface area contributed by atoms with E-state index in [0.717, 1.165) is 31.5 Å². The smallest absolute Gasteiger partial charge is 0.241 e. The lowest BCUT2D eigenvalue weighted by Crippen LogP contribution is -2.37. The number of ether oxygens (including phenoxy) is 2. The molecule has 3 aromatic rings. The van der Waals surface area contributed by atoms with Gasteiger partial charge < -0.3 is 19.3 Å². The largest absolute Gasteiger partial charge is 0.497 e. The van der Waals surface area contributed by atoms with Crippen LogP contribution in [-0.2, 0) is 11.3 Å². The second kappa shape index (κ2) is 10.0. The molecule has 1 aromatic heterocycles. The molecule has 0 radical (unpaired) electrons. The number of rotatable bonds is 7. The number of methoxy groups -OCH3 is 2. The minimum atomic E-state index is -0.0669. The Balaban J connectivity index is 1.30. The quantitative estimate of drug-likeness (QED) is 0.568. The Morgan fingerprint density at radius 2 is 2.00 bits per heavy atom. The van der Waals surface area contributed by atoms with Crippen LogP contribution in [-0.4, -0.2) is 48.3 Å². The predicted molar refractivity (Wildman–Crippen MR) is 121 cm³/mol. The minimum Gasteiger partial charge on any atom is -0.497 e. The van der Waals surface area contributed by atoms with Crippen LogP contribution < -0.4 is 14.8 Å². The highest BCUT2D eigenvalue weighted by atomic mass is 35.5. The highest BCUT2D eigenvalue weighted by molar-refractivity contribution is 6.30. The molecule has 1 fully saturated rings. The molecule has 0 aliphatic carbocycles. The van der Waals surface area contributed by atoms with Gasteiger partial charge in [0.1, 0.15) is 11.5 Å². The average Bonchev–Trinajstić information content (AvgIpc) is 3.28. The zero-order valence-corrected chi connectivity index (χ0v) is 18.8. The van der Waals surface area contributed by atoms with Crippen LogP contribution in [0.3, 0.4) is 0 Å². The van der Waals surface area contributed by atoms with Gasteiger partial charge in [0.15, 0.2) is 0 Å². The van der Waals surface area contributed by atoms with Gasteiger partial charge in [-0.1, -0.05) is 28.9 Å². The Labute approximate surface area is 191 Å². The maximum absolute atomic E-state index is 12.8. The van der Waals surface area contributed by atoms with E-state index in [2.05, 4.69) is 20.4 Å². The number of aromatic nitrogens is 2. The number of nitrogens with zero attached hydrogens (tertiary/aromatic N) is 3. The summed E-state index contributed by atoms with van der Waals surface area (Å²) in [6.07, 6.45) is 1.50. The molecule has 0 unspecified atom stereocenters. The summed E-state index contributed by atoms with van der Waals surface area (Å²) in [5, 5.41) is 7.67. The predicted octanol–water partition coefficient (Wildman–Crippen LogP) is 4.26. The molecule has 32 heavy (non-hydrogen) atoms. The van der Waals surface area contributed by atoms with Gasteiger partial charge in [-0.2, -0.15) is 4.98 Å². The van der Waals surface area contributed by atoms with Crippen molar-refractivity contribution in [2.45, 2.75) is 19.4 Å². The molecule has 4 rings (SSSR count). The van der Waals surface area contributed by atoms with E-state index >= 15 is 0 Å². The summed E-state index contributed by atoms with van der Waals surface area (Å²) in [5.74, 6) is 2.24. The molecule has 1 saturated heterocycles. The normalized spacial score (nSPS) is 14.8. The molecule has 1 aliphatic heterocycles. The molecule has 2 aromatic carbocycles. The second-order valence-corrected chi connectivity index (χ2v) is 8.06. The molecule has 1 N–H and O–H groups in total. The summed E-state index contributed by atoms with van der Waals surface area (Å²) in [6.45, 7) is 2.09. The molecule has 8 nitrogen and oxygen atoms in total. The van der Waals surface area contributed by atoms with Crippen molar-refractivity contribution in [3.63, 3.8) is 0 Å². The third-order valence-corrected chi connectivity index (χ3v) is 5.77. The second-order valence-electron chi connectivity index (χ2n) is 7.63. The Hall–Kier alpha value is -3.10. The molecule has 0 bridgehead atoms. The van der Waals surface area contributed by atoms with E-state index in [1.165, 1.54) is 0 Å². The van der Waals surface area contributed by atoms with Gasteiger partial charge in [-0.25, -0.2) is 0 Å². The Morgan fingerprint density at radius 3 is 2.72 bits per heavy atom. The number of halogens is 1. The van der Waals surface area contributed by atoms with Crippen molar-refractivity contribution >= 4 is 23.2 Å². The number of carbonyl (C=O) groups is 1. The maximum atomic E-state index is 12.8. The first-order chi connectivity index (χ1) is 15.6. The first kappa shape index (κ1) is 22.1. The van der Waals surface area contributed by atoms with E-state index in [-0.39, 0.29) is 11.8 Å². The van der Waals surface area contributed by atoms with Crippen LogP contribution >= 0.6 is 11.6 Å². The maximum Gasteiger partial charge on any atom is 0.241 e. The lowest BCUT2D eigenvalue weighted by Gasteiger charge is -2.30. The average molecular weight is 457 g/mol. The molecule has 1 aliphatic rings. The van der Waals surface area contributed by atoms with Gasteiger partial charge in [0.25, 0.3) is 0 Å². The number of nitrogens with one attached hydrogen (secondary N) is 1. The Bertz CT molecular complexity index is 1080. The van der Waals surface area contributed by atoms with E-state index in [1.807, 2.05) is 12.1 Å². The van der Waals surface area contributed by atoms with Gasteiger partial charge in [0.05, 0.1) is 26.5 Å². The Morgan fingerprint density at radius 1 is 1.19 bits per heavy atom. The highest BCUT2D eigenvalue weighted by Gasteiger charge is 2.26. The molecule has 9 heteroatoms. The van der Waals surface area contributed by atoms with Gasteiger partial charge in [0.2, 0.25) is 17.6 Å². The van der Waals surface area contributed by atoms with Crippen LogP contribution in [0.25, 0.3) is 11.4 Å². The molecular formula is C23H25ClN4O4. The highest BCUT2D eigenvalue weighted by Crippen LogP contribution is 2.30. The fourth-order valence-electron chi connectivity index (χ4n) is 3.75. The van der Waals surface area contributed by atoms with Crippen molar-refractivity contribution in [3.8, 4) is 22.9 Å². The van der Waals surface area contributed by atoms with Crippen LogP contribution in [0.4, 0.5) is 5.69 Å². The summed E-state index contributed by atoms with van der Waals surface area (Å²) in [4.78, 5) is 19.5. The van der Waals surface area contributed by atoms with Crippen molar-refractivity contribution in [1.29, 1.82) is 0 Å². The van der Waals surface area contributed by atoms with E-state index in [1.54, 1.807) is 44.6 Å². The molecule has 0 saturated carbocycles. The van der Waals surface area contributed by atoms with Crippen LogP contribution in [0.2, 0.25) is 5.02 Å². The molecule has 168 valence electrons. The number of carbonyl (C=O) groups excluding carboxylic acids is 1. The number of hydrogen-bond donors (Lipinski definition) is 1. The topological polar surface area (TPSA) is 89.7 Å². The summed E-state index contributed by atoms with van der Waals surface area (Å²) >= 11 is 6.04. The molecule has 2 heterocycles. The van der Waals surface area contributed by atoms with Crippen molar-refractivity contribution in [2.75, 3.05) is 32.6 Å². The zero-order chi connectivity index (χ0) is 22.5. The first-order valence-electron chi connectivity index (χ1n) is 10.4. The number of benzene rings is 2. The van der Waals surface area contributed by atoms with Gasteiger partial charge in [-0.3, -0.25) is 9.69 Å². The third kappa shape index (κ3) is 5.20. The SMILES string of the molecule is COc1ccc(NC(=O)C2CCN(Cc3nc(-c4cccc(Cl)c4)no3)CC2)c(OC)c1. The molecule has 0 spiro atoms. The number of anilines is 1. The number of likely N-dealkylation sites (tertiary alicyclic amines) is 1. The van der Waals surface area contributed by atoms with Crippen molar-refractivity contribution in [1.82, 2.24) is 15.0 Å². The zero-order valence-electron chi connectivity index (χ0n) is 18.0. The fraction of sp³-hybridized carbons (Fsp3) is 0.348. The van der Waals surface area contributed by atoms with E-state index in [0.29, 0.717) is 40.5 Å². The molecular weight excluding hydrogens is 432 g/mol. The van der Waals surface area contributed by atoms with Gasteiger partial charge >= 0.3 is 0 Å². The van der Waals surface area contributed by atoms with E-state index in [4.69, 9.17) is 25.6 Å². The lowest BCUT2D eigenvalue weighted by molar-refractivity contribution is -0.121. The monoisotopic (exact) mass is 456 g/mol. The van der Waals surface area contributed by atoms with Crippen molar-refractivity contribution in [2.24, 2.45) is 5.92 Å². The Kier molecular flexibility index (Phi) is 6.92. The van der Waals surface area contributed by atoms with E-state index < -0.39 is 0 Å². The number of amides is 1. The molecule has 0 atom stereocenters. The van der Waals surface area contributed by atoms with Gasteiger partial charge in [0, 0.05) is 22.6 Å². The van der Waals surface area contributed by atoms with Crippen LogP contribution in [0, 0.1) is 5.92 Å². The fourth-order valence-corrected chi connectivity index (χ4v) is 3.94. The summed E-state index contributed by atoms with van der Waals surface area (Å²) < 4.78 is 16.0. The van der Waals surface area contributed by atoms with Crippen molar-refractivity contribution < 1.29 is 18.8 Å². The lowest BCUT2D eigenvalue weighted by atomic mass is 9.96. The standard InChI is InChI=1S/C23H25ClN4O4/c1-30-18-6-7-19(20(13-18)31-2)25-23(29)15-8-10-28(11-9-15)14-21-26-22(27-32-21)16-4-3-5-17(24)12-16/h3-7,12-13,15H,8-11,14H2,1-2H3,(H,25,29). The van der Waals surface area contributed by atoms with E-state index in [9.17, 15) is 4.79 Å². The summed E-state index contributed by atoms with van der Waals surface area (Å²) in [6, 6.07) is 12.7. The minimum absolute atomic E-state index is 0.00542.